The molecule has 0 radical (unpaired) electrons. The van der Waals surface area contributed by atoms with Crippen molar-refractivity contribution in [3.63, 3.8) is 0 Å². The van der Waals surface area contributed by atoms with E-state index >= 15 is 0 Å². The maximum Gasteiger partial charge on any atom is 0.407 e. The lowest BCUT2D eigenvalue weighted by molar-refractivity contribution is 0.0534. The molecular formula is C18H25N3O2. The first-order valence-corrected chi connectivity index (χ1v) is 7.83. The lowest BCUT2D eigenvalue weighted by Gasteiger charge is -2.19. The highest BCUT2D eigenvalue weighted by molar-refractivity contribution is 5.82. The average molecular weight is 315 g/mol. The van der Waals surface area contributed by atoms with Crippen LogP contribution >= 0.6 is 0 Å². The number of aromatic amines is 1. The van der Waals surface area contributed by atoms with E-state index in [9.17, 15) is 4.79 Å². The standard InChI is InChI=1S/C18H25N3O2/c1-18(2,3)23-17(22)20-11-7-6-10-19-12-14-13-21-16-9-5-4-8-15(14)16/h4-9,13,19,21H,10-12H2,1-3H3,(H,20,22)/b7-6+. The van der Waals surface area contributed by atoms with Gasteiger partial charge in [-0.05, 0) is 32.4 Å². The van der Waals surface area contributed by atoms with Crippen molar-refractivity contribution in [2.45, 2.75) is 32.9 Å². The highest BCUT2D eigenvalue weighted by atomic mass is 16.6. The Morgan fingerprint density at radius 3 is 2.74 bits per heavy atom. The van der Waals surface area contributed by atoms with Gasteiger partial charge in [0, 0.05) is 36.7 Å². The smallest absolute Gasteiger partial charge is 0.407 e. The number of carbonyl (C=O) groups is 1. The summed E-state index contributed by atoms with van der Waals surface area (Å²) in [7, 11) is 0. The van der Waals surface area contributed by atoms with E-state index in [4.69, 9.17) is 4.74 Å². The Balaban J connectivity index is 1.65. The van der Waals surface area contributed by atoms with Gasteiger partial charge in [0.1, 0.15) is 5.60 Å². The van der Waals surface area contributed by atoms with Crippen molar-refractivity contribution in [2.75, 3.05) is 13.1 Å². The molecule has 3 N–H and O–H groups in total. The Labute approximate surface area is 137 Å². The second kappa shape index (κ2) is 7.83. The number of H-pyrrole nitrogens is 1. The van der Waals surface area contributed by atoms with Crippen LogP contribution in [0.5, 0.6) is 0 Å². The number of rotatable bonds is 6. The normalized spacial score (nSPS) is 12.0. The number of hydrogen-bond donors (Lipinski definition) is 3. The Morgan fingerprint density at radius 2 is 1.96 bits per heavy atom. The van der Waals surface area contributed by atoms with Gasteiger partial charge in [-0.25, -0.2) is 4.79 Å². The number of fused-ring (bicyclic) bond motifs is 1. The van der Waals surface area contributed by atoms with Crippen LogP contribution in [0.4, 0.5) is 4.79 Å². The number of carbonyl (C=O) groups excluding carboxylic acids is 1. The van der Waals surface area contributed by atoms with Gasteiger partial charge in [0.15, 0.2) is 0 Å². The molecule has 0 bridgehead atoms. The van der Waals surface area contributed by atoms with E-state index in [1.54, 1.807) is 0 Å². The molecule has 5 heteroatoms. The van der Waals surface area contributed by atoms with Gasteiger partial charge in [0.05, 0.1) is 0 Å². The van der Waals surface area contributed by atoms with E-state index in [2.05, 4.69) is 27.8 Å². The molecule has 1 heterocycles. The van der Waals surface area contributed by atoms with Crippen LogP contribution in [0.2, 0.25) is 0 Å². The van der Waals surface area contributed by atoms with Crippen molar-refractivity contribution in [1.82, 2.24) is 15.6 Å². The molecule has 1 amide bonds. The molecular weight excluding hydrogens is 290 g/mol. The third kappa shape index (κ3) is 5.79. The summed E-state index contributed by atoms with van der Waals surface area (Å²) in [5, 5.41) is 7.29. The molecule has 1 aromatic heterocycles. The molecule has 1 aromatic carbocycles. The topological polar surface area (TPSA) is 66.2 Å². The molecule has 5 nitrogen and oxygen atoms in total. The van der Waals surface area contributed by atoms with Gasteiger partial charge in [0.25, 0.3) is 0 Å². The van der Waals surface area contributed by atoms with Crippen LogP contribution in [0, 0.1) is 0 Å². The number of benzene rings is 1. The molecule has 0 unspecified atom stereocenters. The fraction of sp³-hybridized carbons (Fsp3) is 0.389. The summed E-state index contributed by atoms with van der Waals surface area (Å²) in [5.74, 6) is 0. The number of ether oxygens (including phenoxy) is 1. The van der Waals surface area contributed by atoms with E-state index in [0.29, 0.717) is 6.54 Å². The van der Waals surface area contributed by atoms with E-state index in [1.807, 2.05) is 51.3 Å². The number of para-hydroxylation sites is 1. The van der Waals surface area contributed by atoms with Crippen molar-refractivity contribution in [3.8, 4) is 0 Å². The Hall–Kier alpha value is -2.27. The lowest BCUT2D eigenvalue weighted by Crippen LogP contribution is -2.32. The summed E-state index contributed by atoms with van der Waals surface area (Å²) < 4.78 is 5.15. The fourth-order valence-corrected chi connectivity index (χ4v) is 2.19. The predicted octanol–water partition coefficient (Wildman–Crippen LogP) is 3.34. The van der Waals surface area contributed by atoms with Gasteiger partial charge in [-0.3, -0.25) is 0 Å². The molecule has 23 heavy (non-hydrogen) atoms. The van der Waals surface area contributed by atoms with E-state index in [0.717, 1.165) is 18.6 Å². The van der Waals surface area contributed by atoms with Crippen molar-refractivity contribution in [1.29, 1.82) is 0 Å². The first-order chi connectivity index (χ1) is 11.0. The van der Waals surface area contributed by atoms with E-state index < -0.39 is 11.7 Å². The van der Waals surface area contributed by atoms with Gasteiger partial charge in [-0.2, -0.15) is 0 Å². The van der Waals surface area contributed by atoms with Gasteiger partial charge in [-0.1, -0.05) is 30.4 Å². The number of amides is 1. The lowest BCUT2D eigenvalue weighted by atomic mass is 10.2. The maximum absolute atomic E-state index is 11.4. The van der Waals surface area contributed by atoms with Crippen molar-refractivity contribution in [2.24, 2.45) is 0 Å². The minimum atomic E-state index is -0.464. The number of hydrogen-bond acceptors (Lipinski definition) is 3. The highest BCUT2D eigenvalue weighted by Crippen LogP contribution is 2.17. The quantitative estimate of drug-likeness (QED) is 0.566. The highest BCUT2D eigenvalue weighted by Gasteiger charge is 2.14. The molecule has 0 aliphatic carbocycles. The summed E-state index contributed by atoms with van der Waals surface area (Å²) >= 11 is 0. The molecule has 124 valence electrons. The van der Waals surface area contributed by atoms with Gasteiger partial charge >= 0.3 is 6.09 Å². The predicted molar refractivity (Wildman–Crippen MR) is 93.4 cm³/mol. The van der Waals surface area contributed by atoms with Gasteiger partial charge in [0.2, 0.25) is 0 Å². The van der Waals surface area contributed by atoms with Crippen LogP contribution in [0.25, 0.3) is 10.9 Å². The maximum atomic E-state index is 11.4. The average Bonchev–Trinajstić information content (AvgIpc) is 2.88. The van der Waals surface area contributed by atoms with Crippen LogP contribution in [0.1, 0.15) is 26.3 Å². The van der Waals surface area contributed by atoms with Crippen LogP contribution in [0.15, 0.2) is 42.6 Å². The minimum absolute atomic E-state index is 0.395. The van der Waals surface area contributed by atoms with E-state index in [1.165, 1.54) is 10.9 Å². The zero-order chi connectivity index (χ0) is 16.7. The molecule has 2 aromatic rings. The molecule has 0 aliphatic heterocycles. The number of nitrogens with one attached hydrogen (secondary N) is 3. The molecule has 0 spiro atoms. The van der Waals surface area contributed by atoms with Gasteiger partial charge in [-0.15, -0.1) is 0 Å². The molecule has 0 saturated heterocycles. The summed E-state index contributed by atoms with van der Waals surface area (Å²) in [6, 6.07) is 8.25. The number of alkyl carbamates (subject to hydrolysis) is 1. The van der Waals surface area contributed by atoms with Crippen LogP contribution in [0.3, 0.4) is 0 Å². The largest absolute Gasteiger partial charge is 0.444 e. The summed E-state index contributed by atoms with van der Waals surface area (Å²) in [6.07, 6.45) is 5.54. The molecule has 0 aliphatic rings. The van der Waals surface area contributed by atoms with Crippen molar-refractivity contribution < 1.29 is 9.53 Å². The summed E-state index contributed by atoms with van der Waals surface area (Å²) in [6.45, 7) is 7.54. The van der Waals surface area contributed by atoms with Crippen LogP contribution < -0.4 is 10.6 Å². The minimum Gasteiger partial charge on any atom is -0.444 e. The van der Waals surface area contributed by atoms with Crippen LogP contribution in [-0.4, -0.2) is 29.8 Å². The Morgan fingerprint density at radius 1 is 1.22 bits per heavy atom. The van der Waals surface area contributed by atoms with E-state index in [-0.39, 0.29) is 0 Å². The van der Waals surface area contributed by atoms with Crippen LogP contribution in [-0.2, 0) is 11.3 Å². The zero-order valence-electron chi connectivity index (χ0n) is 14.0. The fourth-order valence-electron chi connectivity index (χ4n) is 2.19. The third-order valence-corrected chi connectivity index (χ3v) is 3.18. The first-order valence-electron chi connectivity index (χ1n) is 7.83. The monoisotopic (exact) mass is 315 g/mol. The Bertz CT molecular complexity index is 668. The van der Waals surface area contributed by atoms with Crippen molar-refractivity contribution in [3.05, 3.63) is 48.2 Å². The SMILES string of the molecule is CC(C)(C)OC(=O)NC/C=C/CNCc1c[nH]c2ccccc12. The third-order valence-electron chi connectivity index (χ3n) is 3.18. The first kappa shape index (κ1) is 17.1. The molecule has 0 fully saturated rings. The summed E-state index contributed by atoms with van der Waals surface area (Å²) in [4.78, 5) is 14.7. The molecule has 0 atom stereocenters. The molecule has 2 rings (SSSR count). The number of aromatic nitrogens is 1. The molecule has 0 saturated carbocycles. The van der Waals surface area contributed by atoms with Gasteiger partial charge < -0.3 is 20.4 Å². The zero-order valence-corrected chi connectivity index (χ0v) is 14.0. The van der Waals surface area contributed by atoms with Crippen molar-refractivity contribution >= 4 is 17.0 Å². The Kier molecular flexibility index (Phi) is 5.82. The summed E-state index contributed by atoms with van der Waals surface area (Å²) in [5.41, 5.74) is 1.94. The second-order valence-corrected chi connectivity index (χ2v) is 6.34. The second-order valence-electron chi connectivity index (χ2n) is 6.34.